The van der Waals surface area contributed by atoms with E-state index in [2.05, 4.69) is 17.4 Å². The molecular weight excluding hydrogens is 350 g/mol. The Labute approximate surface area is 168 Å². The standard InChI is InChI=1S/C24H33NO3/c1-17(7-8-18-5-3-2-4-6-18)25-22(26)16-28-23(27)15-24-12-19-9-20(13-24)11-21(10-19)14-24/h2-6,17,19-21H,7-16H2,1H3,(H,25,26). The lowest BCUT2D eigenvalue weighted by molar-refractivity contribution is -0.155. The van der Waals surface area contributed by atoms with Gasteiger partial charge >= 0.3 is 5.97 Å². The first-order valence-corrected chi connectivity index (χ1v) is 11.0. The molecule has 152 valence electrons. The highest BCUT2D eigenvalue weighted by Crippen LogP contribution is 2.61. The number of ether oxygens (including phenoxy) is 1. The molecule has 0 aromatic heterocycles. The van der Waals surface area contributed by atoms with Crippen molar-refractivity contribution in [1.29, 1.82) is 0 Å². The van der Waals surface area contributed by atoms with E-state index in [-0.39, 0.29) is 29.9 Å². The Balaban J connectivity index is 1.17. The number of esters is 1. The summed E-state index contributed by atoms with van der Waals surface area (Å²) < 4.78 is 5.36. The van der Waals surface area contributed by atoms with E-state index in [1.807, 2.05) is 25.1 Å². The summed E-state index contributed by atoms with van der Waals surface area (Å²) in [5.41, 5.74) is 1.44. The second-order valence-electron chi connectivity index (χ2n) is 9.75. The molecule has 0 radical (unpaired) electrons. The minimum atomic E-state index is -0.195. The van der Waals surface area contributed by atoms with E-state index in [9.17, 15) is 9.59 Å². The average Bonchev–Trinajstić information content (AvgIpc) is 2.64. The van der Waals surface area contributed by atoms with Crippen LogP contribution in [0.15, 0.2) is 30.3 Å². The van der Waals surface area contributed by atoms with Gasteiger partial charge in [-0.05, 0) is 87.0 Å². The van der Waals surface area contributed by atoms with Crippen LogP contribution in [0.25, 0.3) is 0 Å². The van der Waals surface area contributed by atoms with Gasteiger partial charge < -0.3 is 10.1 Å². The topological polar surface area (TPSA) is 55.4 Å². The summed E-state index contributed by atoms with van der Waals surface area (Å²) in [5, 5.41) is 2.95. The summed E-state index contributed by atoms with van der Waals surface area (Å²) in [4.78, 5) is 24.6. The molecule has 1 amide bonds. The molecule has 1 N–H and O–H groups in total. The van der Waals surface area contributed by atoms with Gasteiger partial charge in [0, 0.05) is 6.04 Å². The maximum Gasteiger partial charge on any atom is 0.306 e. The monoisotopic (exact) mass is 383 g/mol. The Morgan fingerprint density at radius 3 is 2.29 bits per heavy atom. The van der Waals surface area contributed by atoms with Crippen LogP contribution in [0.1, 0.15) is 63.9 Å². The van der Waals surface area contributed by atoms with E-state index in [1.54, 1.807) is 0 Å². The highest BCUT2D eigenvalue weighted by molar-refractivity contribution is 5.80. The van der Waals surface area contributed by atoms with Crippen LogP contribution in [0.5, 0.6) is 0 Å². The minimum absolute atomic E-state index is 0.0644. The van der Waals surface area contributed by atoms with E-state index in [0.717, 1.165) is 30.6 Å². The number of carbonyl (C=O) groups is 2. The molecule has 4 bridgehead atoms. The first-order valence-electron chi connectivity index (χ1n) is 11.0. The van der Waals surface area contributed by atoms with Crippen LogP contribution in [0, 0.1) is 23.2 Å². The zero-order chi connectivity index (χ0) is 19.6. The maximum atomic E-state index is 12.4. The van der Waals surface area contributed by atoms with Crippen molar-refractivity contribution in [3.63, 3.8) is 0 Å². The van der Waals surface area contributed by atoms with Gasteiger partial charge in [-0.1, -0.05) is 30.3 Å². The van der Waals surface area contributed by atoms with Gasteiger partial charge in [-0.2, -0.15) is 0 Å². The summed E-state index contributed by atoms with van der Waals surface area (Å²) in [5.74, 6) is 2.10. The third-order valence-corrected chi connectivity index (χ3v) is 7.16. The fourth-order valence-corrected chi connectivity index (χ4v) is 6.43. The number of nitrogens with one attached hydrogen (secondary N) is 1. The molecule has 0 saturated heterocycles. The molecule has 4 fully saturated rings. The summed E-state index contributed by atoms with van der Waals surface area (Å²) in [6.07, 6.45) is 10.00. The predicted molar refractivity (Wildman–Crippen MR) is 109 cm³/mol. The molecular formula is C24H33NO3. The maximum absolute atomic E-state index is 12.4. The lowest BCUT2D eigenvalue weighted by Gasteiger charge is -2.56. The SMILES string of the molecule is CC(CCc1ccccc1)NC(=O)COC(=O)CC12CC3CC(CC(C3)C1)C2. The molecule has 4 nitrogen and oxygen atoms in total. The van der Waals surface area contributed by atoms with Crippen LogP contribution < -0.4 is 5.32 Å². The molecule has 0 spiro atoms. The van der Waals surface area contributed by atoms with Gasteiger partial charge in [0.15, 0.2) is 6.61 Å². The highest BCUT2D eigenvalue weighted by Gasteiger charge is 2.51. The zero-order valence-electron chi connectivity index (χ0n) is 17.0. The minimum Gasteiger partial charge on any atom is -0.456 e. The lowest BCUT2D eigenvalue weighted by atomic mass is 9.49. The number of benzene rings is 1. The van der Waals surface area contributed by atoms with Gasteiger partial charge in [0.1, 0.15) is 0 Å². The third kappa shape index (κ3) is 4.76. The van der Waals surface area contributed by atoms with Crippen LogP contribution in [0.2, 0.25) is 0 Å². The summed E-state index contributed by atoms with van der Waals surface area (Å²) in [6, 6.07) is 10.3. The zero-order valence-corrected chi connectivity index (χ0v) is 17.0. The molecule has 4 heteroatoms. The number of hydrogen-bond acceptors (Lipinski definition) is 3. The Morgan fingerprint density at radius 1 is 1.07 bits per heavy atom. The second kappa shape index (κ2) is 8.26. The second-order valence-corrected chi connectivity index (χ2v) is 9.75. The Morgan fingerprint density at radius 2 is 1.68 bits per heavy atom. The molecule has 0 aliphatic heterocycles. The number of amides is 1. The molecule has 0 heterocycles. The van der Waals surface area contributed by atoms with Crippen molar-refractivity contribution < 1.29 is 14.3 Å². The molecule has 4 aliphatic carbocycles. The number of hydrogen-bond donors (Lipinski definition) is 1. The number of carbonyl (C=O) groups excluding carboxylic acids is 2. The number of rotatable bonds is 8. The summed E-state index contributed by atoms with van der Waals surface area (Å²) in [7, 11) is 0. The van der Waals surface area contributed by atoms with Crippen molar-refractivity contribution in [2.24, 2.45) is 23.2 Å². The molecule has 28 heavy (non-hydrogen) atoms. The van der Waals surface area contributed by atoms with Gasteiger partial charge in [-0.3, -0.25) is 9.59 Å². The quantitative estimate of drug-likeness (QED) is 0.682. The highest BCUT2D eigenvalue weighted by atomic mass is 16.5. The Bertz CT molecular complexity index is 664. The smallest absolute Gasteiger partial charge is 0.306 e. The largest absolute Gasteiger partial charge is 0.456 e. The molecule has 4 aliphatic rings. The van der Waals surface area contributed by atoms with Gasteiger partial charge in [-0.15, -0.1) is 0 Å². The first-order chi connectivity index (χ1) is 13.5. The fraction of sp³-hybridized carbons (Fsp3) is 0.667. The molecule has 4 saturated carbocycles. The first kappa shape index (κ1) is 19.5. The lowest BCUT2D eigenvalue weighted by Crippen LogP contribution is -2.47. The number of aryl methyl sites for hydroxylation is 1. The van der Waals surface area contributed by atoms with Crippen LogP contribution in [0.3, 0.4) is 0 Å². The van der Waals surface area contributed by atoms with Crippen molar-refractivity contribution in [3.05, 3.63) is 35.9 Å². The van der Waals surface area contributed by atoms with Crippen molar-refractivity contribution in [2.75, 3.05) is 6.61 Å². The van der Waals surface area contributed by atoms with E-state index >= 15 is 0 Å². The fourth-order valence-electron chi connectivity index (χ4n) is 6.43. The van der Waals surface area contributed by atoms with Crippen LogP contribution in [0.4, 0.5) is 0 Å². The molecule has 5 rings (SSSR count). The molecule has 1 aromatic carbocycles. The predicted octanol–water partition coefficient (Wildman–Crippen LogP) is 4.27. The average molecular weight is 384 g/mol. The van der Waals surface area contributed by atoms with Crippen LogP contribution in [-0.4, -0.2) is 24.5 Å². The van der Waals surface area contributed by atoms with Gasteiger partial charge in [0.05, 0.1) is 6.42 Å². The van der Waals surface area contributed by atoms with Crippen LogP contribution in [-0.2, 0) is 20.7 Å². The van der Waals surface area contributed by atoms with E-state index in [4.69, 9.17) is 4.74 Å². The van der Waals surface area contributed by atoms with Gasteiger partial charge in [0.2, 0.25) is 0 Å². The van der Waals surface area contributed by atoms with Crippen molar-refractivity contribution in [1.82, 2.24) is 5.32 Å². The Kier molecular flexibility index (Phi) is 5.75. The van der Waals surface area contributed by atoms with E-state index in [0.29, 0.717) is 6.42 Å². The third-order valence-electron chi connectivity index (χ3n) is 7.16. The van der Waals surface area contributed by atoms with E-state index < -0.39 is 0 Å². The Hall–Kier alpha value is -1.84. The summed E-state index contributed by atoms with van der Waals surface area (Å²) >= 11 is 0. The molecule has 1 atom stereocenters. The normalized spacial score (nSPS) is 31.4. The van der Waals surface area contributed by atoms with Gasteiger partial charge in [0.25, 0.3) is 5.91 Å². The van der Waals surface area contributed by atoms with Crippen LogP contribution >= 0.6 is 0 Å². The van der Waals surface area contributed by atoms with Crippen molar-refractivity contribution in [2.45, 2.75) is 70.8 Å². The molecule has 1 unspecified atom stereocenters. The summed E-state index contributed by atoms with van der Waals surface area (Å²) in [6.45, 7) is 1.85. The van der Waals surface area contributed by atoms with E-state index in [1.165, 1.54) is 44.1 Å². The van der Waals surface area contributed by atoms with Crippen molar-refractivity contribution >= 4 is 11.9 Å². The van der Waals surface area contributed by atoms with Gasteiger partial charge in [-0.25, -0.2) is 0 Å². The molecule has 1 aromatic rings. The van der Waals surface area contributed by atoms with Crippen molar-refractivity contribution in [3.8, 4) is 0 Å².